The van der Waals surface area contributed by atoms with E-state index in [1.807, 2.05) is 0 Å². The van der Waals surface area contributed by atoms with Gasteiger partial charge in [0.05, 0.1) is 0 Å². The zero-order valence-corrected chi connectivity index (χ0v) is 8.73. The molecule has 0 spiro atoms. The number of carbonyl (C=O) groups is 3. The predicted octanol–water partition coefficient (Wildman–Crippen LogP) is 0.338. The summed E-state index contributed by atoms with van der Waals surface area (Å²) in [6, 6.07) is 0. The molecular weight excluding hydrogens is 200 g/mol. The maximum atomic E-state index is 11.6. The molecule has 0 unspecified atom stereocenters. The molecule has 2 N–H and O–H groups in total. The SMILES string of the molecule is CC(C)(C)C1=CC(=O)N(OC(N)=O)C1=O. The van der Waals surface area contributed by atoms with Crippen LogP contribution in [0.1, 0.15) is 20.8 Å². The fraction of sp³-hybridized carbons (Fsp3) is 0.444. The van der Waals surface area contributed by atoms with Crippen LogP contribution in [0.25, 0.3) is 0 Å². The van der Waals surface area contributed by atoms with Crippen molar-refractivity contribution in [2.75, 3.05) is 0 Å². The number of amides is 3. The van der Waals surface area contributed by atoms with Crippen LogP contribution in [0.3, 0.4) is 0 Å². The van der Waals surface area contributed by atoms with Crippen molar-refractivity contribution < 1.29 is 19.2 Å². The highest BCUT2D eigenvalue weighted by Gasteiger charge is 2.39. The van der Waals surface area contributed by atoms with Gasteiger partial charge in [-0.2, -0.15) is 0 Å². The molecule has 3 amide bonds. The van der Waals surface area contributed by atoms with Crippen molar-refractivity contribution in [3.63, 3.8) is 0 Å². The van der Waals surface area contributed by atoms with Crippen LogP contribution in [0.5, 0.6) is 0 Å². The first kappa shape index (κ1) is 11.2. The Hall–Kier alpha value is -1.85. The summed E-state index contributed by atoms with van der Waals surface area (Å²) in [4.78, 5) is 37.6. The van der Waals surface area contributed by atoms with Crippen LogP contribution < -0.4 is 5.73 Å². The number of hydroxylamine groups is 2. The minimum Gasteiger partial charge on any atom is -0.333 e. The number of nitrogens with zero attached hydrogens (tertiary/aromatic N) is 1. The lowest BCUT2D eigenvalue weighted by atomic mass is 9.87. The number of nitrogens with two attached hydrogens (primary N) is 1. The Balaban J connectivity index is 2.93. The summed E-state index contributed by atoms with van der Waals surface area (Å²) >= 11 is 0. The molecule has 0 aromatic carbocycles. The maximum absolute atomic E-state index is 11.6. The lowest BCUT2D eigenvalue weighted by Crippen LogP contribution is -2.37. The zero-order chi connectivity index (χ0) is 11.8. The Morgan fingerprint density at radius 3 is 2.27 bits per heavy atom. The average molecular weight is 212 g/mol. The van der Waals surface area contributed by atoms with Crippen LogP contribution in [0.15, 0.2) is 11.6 Å². The van der Waals surface area contributed by atoms with Crippen molar-refractivity contribution in [2.45, 2.75) is 20.8 Å². The molecular formula is C9H12N2O4. The average Bonchev–Trinajstić information content (AvgIpc) is 2.30. The Morgan fingerprint density at radius 1 is 1.40 bits per heavy atom. The highest BCUT2D eigenvalue weighted by molar-refractivity contribution is 6.16. The summed E-state index contributed by atoms with van der Waals surface area (Å²) in [7, 11) is 0. The van der Waals surface area contributed by atoms with E-state index in [0.29, 0.717) is 5.06 Å². The number of hydrogen-bond acceptors (Lipinski definition) is 4. The molecule has 1 aliphatic heterocycles. The molecule has 0 radical (unpaired) electrons. The second-order valence-corrected chi connectivity index (χ2v) is 4.16. The van der Waals surface area contributed by atoms with Gasteiger partial charge in [-0.15, -0.1) is 0 Å². The number of rotatable bonds is 1. The van der Waals surface area contributed by atoms with E-state index in [-0.39, 0.29) is 5.57 Å². The van der Waals surface area contributed by atoms with E-state index < -0.39 is 23.3 Å². The standard InChI is InChI=1S/C9H12N2O4/c1-9(2,3)5-4-6(12)11(7(5)13)15-8(10)14/h4H,1-3H3,(H2,10,14). The molecule has 1 aliphatic rings. The summed E-state index contributed by atoms with van der Waals surface area (Å²) in [5.74, 6) is -1.34. The first-order chi connectivity index (χ1) is 6.73. The van der Waals surface area contributed by atoms with Crippen molar-refractivity contribution in [2.24, 2.45) is 11.1 Å². The van der Waals surface area contributed by atoms with Gasteiger partial charge in [-0.25, -0.2) is 4.79 Å². The second-order valence-electron chi connectivity index (χ2n) is 4.16. The minimum atomic E-state index is -1.19. The van der Waals surface area contributed by atoms with Gasteiger partial charge in [0, 0.05) is 11.6 Å². The summed E-state index contributed by atoms with van der Waals surface area (Å²) in [6.45, 7) is 5.33. The molecule has 0 aromatic rings. The first-order valence-corrected chi connectivity index (χ1v) is 4.31. The molecule has 0 saturated carbocycles. The number of primary amides is 1. The van der Waals surface area contributed by atoms with Gasteiger partial charge in [-0.3, -0.25) is 9.59 Å². The molecule has 1 heterocycles. The fourth-order valence-corrected chi connectivity index (χ4v) is 1.17. The van der Waals surface area contributed by atoms with Crippen molar-refractivity contribution in [1.82, 2.24) is 5.06 Å². The third-order valence-electron chi connectivity index (χ3n) is 1.87. The maximum Gasteiger partial charge on any atom is 0.429 e. The van der Waals surface area contributed by atoms with Crippen molar-refractivity contribution in [3.8, 4) is 0 Å². The van der Waals surface area contributed by atoms with Gasteiger partial charge >= 0.3 is 6.09 Å². The second kappa shape index (κ2) is 3.38. The molecule has 82 valence electrons. The van der Waals surface area contributed by atoms with E-state index in [1.165, 1.54) is 0 Å². The van der Waals surface area contributed by atoms with E-state index in [4.69, 9.17) is 5.73 Å². The van der Waals surface area contributed by atoms with E-state index in [0.717, 1.165) is 6.08 Å². The van der Waals surface area contributed by atoms with Gasteiger partial charge in [0.25, 0.3) is 11.8 Å². The third-order valence-corrected chi connectivity index (χ3v) is 1.87. The van der Waals surface area contributed by atoms with E-state index in [9.17, 15) is 14.4 Å². The van der Waals surface area contributed by atoms with E-state index in [1.54, 1.807) is 20.8 Å². The molecule has 15 heavy (non-hydrogen) atoms. The van der Waals surface area contributed by atoms with Gasteiger partial charge in [0.1, 0.15) is 0 Å². The largest absolute Gasteiger partial charge is 0.429 e. The van der Waals surface area contributed by atoms with Crippen LogP contribution in [0.2, 0.25) is 0 Å². The summed E-state index contributed by atoms with van der Waals surface area (Å²) in [5, 5.41) is 0.364. The molecule has 0 saturated heterocycles. The lowest BCUT2D eigenvalue weighted by molar-refractivity contribution is -0.169. The Bertz CT molecular complexity index is 365. The topological polar surface area (TPSA) is 89.7 Å². The van der Waals surface area contributed by atoms with Crippen LogP contribution in [0.4, 0.5) is 4.79 Å². The first-order valence-electron chi connectivity index (χ1n) is 4.31. The van der Waals surface area contributed by atoms with E-state index in [2.05, 4.69) is 4.84 Å². The normalized spacial score (nSPS) is 16.7. The van der Waals surface area contributed by atoms with Crippen LogP contribution >= 0.6 is 0 Å². The van der Waals surface area contributed by atoms with Gasteiger partial charge in [0.15, 0.2) is 0 Å². The fourth-order valence-electron chi connectivity index (χ4n) is 1.17. The molecule has 0 bridgehead atoms. The predicted molar refractivity (Wildman–Crippen MR) is 50.1 cm³/mol. The van der Waals surface area contributed by atoms with Crippen LogP contribution in [-0.2, 0) is 14.4 Å². The quantitative estimate of drug-likeness (QED) is 0.634. The number of imide groups is 1. The van der Waals surface area contributed by atoms with Gasteiger partial charge < -0.3 is 10.6 Å². The Kier molecular flexibility index (Phi) is 2.53. The molecule has 6 heteroatoms. The highest BCUT2D eigenvalue weighted by atomic mass is 16.7. The summed E-state index contributed by atoms with van der Waals surface area (Å²) in [5.41, 5.74) is 4.52. The monoisotopic (exact) mass is 212 g/mol. The zero-order valence-electron chi connectivity index (χ0n) is 8.73. The Labute approximate surface area is 86.6 Å². The molecule has 1 rings (SSSR count). The minimum absolute atomic E-state index is 0.286. The van der Waals surface area contributed by atoms with Crippen molar-refractivity contribution in [1.29, 1.82) is 0 Å². The smallest absolute Gasteiger partial charge is 0.333 e. The van der Waals surface area contributed by atoms with E-state index >= 15 is 0 Å². The number of carbonyl (C=O) groups excluding carboxylic acids is 3. The molecule has 0 aromatic heterocycles. The van der Waals surface area contributed by atoms with Crippen LogP contribution in [-0.4, -0.2) is 23.0 Å². The molecule has 6 nitrogen and oxygen atoms in total. The third kappa shape index (κ3) is 2.15. The molecule has 0 atom stereocenters. The van der Waals surface area contributed by atoms with Crippen molar-refractivity contribution in [3.05, 3.63) is 11.6 Å². The van der Waals surface area contributed by atoms with Crippen LogP contribution in [0, 0.1) is 5.41 Å². The molecule has 0 fully saturated rings. The van der Waals surface area contributed by atoms with Gasteiger partial charge in [-0.1, -0.05) is 25.8 Å². The lowest BCUT2D eigenvalue weighted by Gasteiger charge is -2.19. The van der Waals surface area contributed by atoms with Gasteiger partial charge in [-0.05, 0) is 5.41 Å². The summed E-state index contributed by atoms with van der Waals surface area (Å²) < 4.78 is 0. The summed E-state index contributed by atoms with van der Waals surface area (Å²) in [6.07, 6.45) is -0.0501. The number of hydrogen-bond donors (Lipinski definition) is 1. The van der Waals surface area contributed by atoms with Crippen molar-refractivity contribution >= 4 is 17.9 Å². The highest BCUT2D eigenvalue weighted by Crippen LogP contribution is 2.30. The van der Waals surface area contributed by atoms with Gasteiger partial charge in [0.2, 0.25) is 0 Å². The Morgan fingerprint density at radius 2 is 1.93 bits per heavy atom. The molecule has 0 aliphatic carbocycles.